The van der Waals surface area contributed by atoms with Crippen LogP contribution in [-0.2, 0) is 4.79 Å². The molecule has 6 nitrogen and oxygen atoms in total. The summed E-state index contributed by atoms with van der Waals surface area (Å²) in [6, 6.07) is 0. The maximum Gasteiger partial charge on any atom is 0.322 e. The van der Waals surface area contributed by atoms with Gasteiger partial charge in [0.15, 0.2) is 0 Å². The first-order valence-corrected chi connectivity index (χ1v) is 5.61. The van der Waals surface area contributed by atoms with E-state index in [0.29, 0.717) is 11.9 Å². The molecule has 0 spiro atoms. The quantitative estimate of drug-likeness (QED) is 0.787. The molecule has 2 rings (SSSR count). The zero-order chi connectivity index (χ0) is 12.3. The molecule has 0 bridgehead atoms. The predicted octanol–water partition coefficient (Wildman–Crippen LogP) is 0.392. The van der Waals surface area contributed by atoms with Gasteiger partial charge in [-0.15, -0.1) is 0 Å². The lowest BCUT2D eigenvalue weighted by molar-refractivity contribution is -0.134. The molecular formula is C11H16N4O2. The van der Waals surface area contributed by atoms with Gasteiger partial charge in [0.1, 0.15) is 6.54 Å². The normalized spacial score (nSPS) is 20.4. The molecule has 2 N–H and O–H groups in total. The smallest absolute Gasteiger partial charge is 0.322 e. The van der Waals surface area contributed by atoms with Gasteiger partial charge >= 0.3 is 5.97 Å². The molecule has 1 aliphatic rings. The molecule has 1 aromatic heterocycles. The summed E-state index contributed by atoms with van der Waals surface area (Å²) < 4.78 is 0. The van der Waals surface area contributed by atoms with Crippen molar-refractivity contribution < 1.29 is 9.90 Å². The number of carboxylic acids is 1. The molecule has 0 aromatic carbocycles. The van der Waals surface area contributed by atoms with Crippen LogP contribution in [-0.4, -0.2) is 52.6 Å². The SMILES string of the molecule is CN1CCC(c2cnc(NCC(=O)O)nc2)C1. The molecule has 2 heterocycles. The van der Waals surface area contributed by atoms with E-state index in [4.69, 9.17) is 5.11 Å². The highest BCUT2D eigenvalue weighted by molar-refractivity contribution is 5.71. The Morgan fingerprint density at radius 3 is 2.82 bits per heavy atom. The number of carboxylic acid groups (broad SMARTS) is 1. The lowest BCUT2D eigenvalue weighted by Gasteiger charge is -2.10. The van der Waals surface area contributed by atoms with E-state index in [9.17, 15) is 4.79 Å². The van der Waals surface area contributed by atoms with Crippen molar-refractivity contribution in [2.24, 2.45) is 0 Å². The minimum Gasteiger partial charge on any atom is -0.480 e. The van der Waals surface area contributed by atoms with E-state index in [2.05, 4.69) is 27.2 Å². The standard InChI is InChI=1S/C11H16N4O2/c1-15-3-2-8(7-15)9-4-12-11(13-5-9)14-6-10(16)17/h4-5,8H,2-3,6-7H2,1H3,(H,16,17)(H,12,13,14). The van der Waals surface area contributed by atoms with Crippen molar-refractivity contribution in [2.75, 3.05) is 32.0 Å². The summed E-state index contributed by atoms with van der Waals surface area (Å²) in [5.74, 6) is -0.0638. The van der Waals surface area contributed by atoms with Crippen LogP contribution in [0.1, 0.15) is 17.9 Å². The first-order chi connectivity index (χ1) is 8.15. The summed E-state index contributed by atoms with van der Waals surface area (Å²) in [6.07, 6.45) is 4.68. The molecule has 1 fully saturated rings. The molecule has 0 radical (unpaired) electrons. The predicted molar refractivity (Wildman–Crippen MR) is 63.0 cm³/mol. The molecular weight excluding hydrogens is 220 g/mol. The van der Waals surface area contributed by atoms with E-state index < -0.39 is 5.97 Å². The third kappa shape index (κ3) is 3.13. The number of likely N-dealkylation sites (tertiary alicyclic amines) is 1. The maximum absolute atomic E-state index is 10.4. The third-order valence-electron chi connectivity index (χ3n) is 2.93. The Morgan fingerprint density at radius 1 is 1.59 bits per heavy atom. The Bertz CT molecular complexity index is 393. The number of likely N-dealkylation sites (N-methyl/N-ethyl adjacent to an activating group) is 1. The Labute approximate surface area is 99.7 Å². The van der Waals surface area contributed by atoms with E-state index in [-0.39, 0.29) is 6.54 Å². The maximum atomic E-state index is 10.4. The Kier molecular flexibility index (Phi) is 3.53. The van der Waals surface area contributed by atoms with Crippen molar-refractivity contribution in [1.29, 1.82) is 0 Å². The highest BCUT2D eigenvalue weighted by Crippen LogP contribution is 2.25. The lowest BCUT2D eigenvalue weighted by atomic mass is 10.0. The van der Waals surface area contributed by atoms with Gasteiger partial charge in [0.05, 0.1) is 0 Å². The molecule has 1 aromatic rings. The van der Waals surface area contributed by atoms with Crippen LogP contribution in [0.25, 0.3) is 0 Å². The van der Waals surface area contributed by atoms with Crippen LogP contribution in [0.4, 0.5) is 5.95 Å². The summed E-state index contributed by atoms with van der Waals surface area (Å²) in [5, 5.41) is 11.1. The van der Waals surface area contributed by atoms with E-state index in [1.165, 1.54) is 0 Å². The van der Waals surface area contributed by atoms with Gasteiger partial charge < -0.3 is 15.3 Å². The second-order valence-electron chi connectivity index (χ2n) is 4.34. The molecule has 6 heteroatoms. The second-order valence-corrected chi connectivity index (χ2v) is 4.34. The van der Waals surface area contributed by atoms with Gasteiger partial charge in [0.2, 0.25) is 5.95 Å². The number of hydrogen-bond acceptors (Lipinski definition) is 5. The van der Waals surface area contributed by atoms with Crippen molar-refractivity contribution in [3.05, 3.63) is 18.0 Å². The first kappa shape index (κ1) is 11.8. The van der Waals surface area contributed by atoms with Crippen molar-refractivity contribution in [3.8, 4) is 0 Å². The van der Waals surface area contributed by atoms with Crippen LogP contribution < -0.4 is 5.32 Å². The fraction of sp³-hybridized carbons (Fsp3) is 0.545. The average molecular weight is 236 g/mol. The van der Waals surface area contributed by atoms with Gasteiger partial charge in [-0.3, -0.25) is 4.79 Å². The number of carbonyl (C=O) groups is 1. The van der Waals surface area contributed by atoms with Crippen molar-refractivity contribution in [2.45, 2.75) is 12.3 Å². The molecule has 1 aliphatic heterocycles. The van der Waals surface area contributed by atoms with Crippen LogP contribution in [0.5, 0.6) is 0 Å². The summed E-state index contributed by atoms with van der Waals surface area (Å²) in [4.78, 5) is 20.9. The number of nitrogens with zero attached hydrogens (tertiary/aromatic N) is 3. The van der Waals surface area contributed by atoms with Crippen molar-refractivity contribution in [3.63, 3.8) is 0 Å². The van der Waals surface area contributed by atoms with Gasteiger partial charge in [0, 0.05) is 24.9 Å². The number of hydrogen-bond donors (Lipinski definition) is 2. The molecule has 0 amide bonds. The zero-order valence-corrected chi connectivity index (χ0v) is 9.76. The minimum absolute atomic E-state index is 0.161. The largest absolute Gasteiger partial charge is 0.480 e. The molecule has 0 saturated carbocycles. The lowest BCUT2D eigenvalue weighted by Crippen LogP contribution is -2.15. The number of nitrogens with one attached hydrogen (secondary N) is 1. The molecule has 1 saturated heterocycles. The monoisotopic (exact) mass is 236 g/mol. The Morgan fingerprint density at radius 2 is 2.29 bits per heavy atom. The van der Waals surface area contributed by atoms with Crippen LogP contribution in [0.3, 0.4) is 0 Å². The summed E-state index contributed by atoms with van der Waals surface area (Å²) in [7, 11) is 2.10. The topological polar surface area (TPSA) is 78.4 Å². The highest BCUT2D eigenvalue weighted by Gasteiger charge is 2.21. The molecule has 0 aliphatic carbocycles. The number of aromatic nitrogens is 2. The second kappa shape index (κ2) is 5.09. The fourth-order valence-corrected chi connectivity index (χ4v) is 2.00. The summed E-state index contributed by atoms with van der Waals surface area (Å²) >= 11 is 0. The fourth-order valence-electron chi connectivity index (χ4n) is 2.00. The molecule has 1 atom stereocenters. The molecule has 1 unspecified atom stereocenters. The number of anilines is 1. The third-order valence-corrected chi connectivity index (χ3v) is 2.93. The Balaban J connectivity index is 1.95. The van der Waals surface area contributed by atoms with E-state index in [0.717, 1.165) is 25.1 Å². The highest BCUT2D eigenvalue weighted by atomic mass is 16.4. The number of rotatable bonds is 4. The van der Waals surface area contributed by atoms with E-state index in [1.54, 1.807) is 12.4 Å². The van der Waals surface area contributed by atoms with Gasteiger partial charge in [0.25, 0.3) is 0 Å². The van der Waals surface area contributed by atoms with Crippen LogP contribution in [0.2, 0.25) is 0 Å². The van der Waals surface area contributed by atoms with Gasteiger partial charge in [-0.05, 0) is 25.6 Å². The van der Waals surface area contributed by atoms with Gasteiger partial charge in [-0.2, -0.15) is 0 Å². The number of aliphatic carboxylic acids is 1. The van der Waals surface area contributed by atoms with E-state index in [1.807, 2.05) is 0 Å². The van der Waals surface area contributed by atoms with Gasteiger partial charge in [-0.1, -0.05) is 0 Å². The van der Waals surface area contributed by atoms with Crippen molar-refractivity contribution in [1.82, 2.24) is 14.9 Å². The van der Waals surface area contributed by atoms with E-state index >= 15 is 0 Å². The van der Waals surface area contributed by atoms with Crippen LogP contribution >= 0.6 is 0 Å². The first-order valence-electron chi connectivity index (χ1n) is 5.61. The Hall–Kier alpha value is -1.69. The van der Waals surface area contributed by atoms with Crippen molar-refractivity contribution >= 4 is 11.9 Å². The van der Waals surface area contributed by atoms with Crippen LogP contribution in [0, 0.1) is 0 Å². The summed E-state index contributed by atoms with van der Waals surface area (Å²) in [6.45, 7) is 1.97. The average Bonchev–Trinajstić information content (AvgIpc) is 2.74. The molecule has 92 valence electrons. The van der Waals surface area contributed by atoms with Crippen LogP contribution in [0.15, 0.2) is 12.4 Å². The molecule has 17 heavy (non-hydrogen) atoms. The summed E-state index contributed by atoms with van der Waals surface area (Å²) in [5.41, 5.74) is 1.12. The zero-order valence-electron chi connectivity index (χ0n) is 9.76. The van der Waals surface area contributed by atoms with Gasteiger partial charge in [-0.25, -0.2) is 9.97 Å². The minimum atomic E-state index is -0.921.